The molecule has 0 aliphatic carbocycles. The molecule has 156 valence electrons. The first kappa shape index (κ1) is 19.7. The van der Waals surface area contributed by atoms with Crippen molar-refractivity contribution in [3.05, 3.63) is 83.9 Å². The molecule has 5 rings (SSSR count). The summed E-state index contributed by atoms with van der Waals surface area (Å²) >= 11 is 0. The zero-order valence-electron chi connectivity index (χ0n) is 16.9. The fourth-order valence-electron chi connectivity index (χ4n) is 4.27. The van der Waals surface area contributed by atoms with E-state index in [1.807, 2.05) is 49.4 Å². The van der Waals surface area contributed by atoms with Gasteiger partial charge in [0.1, 0.15) is 24.4 Å². The molecule has 0 saturated carbocycles. The van der Waals surface area contributed by atoms with Gasteiger partial charge in [0.15, 0.2) is 6.29 Å². The van der Waals surface area contributed by atoms with Crippen molar-refractivity contribution in [2.45, 2.75) is 50.3 Å². The maximum atomic E-state index is 10.8. The molecule has 0 bridgehead atoms. The van der Waals surface area contributed by atoms with Crippen molar-refractivity contribution in [1.82, 2.24) is 0 Å². The van der Waals surface area contributed by atoms with E-state index in [0.717, 1.165) is 11.1 Å². The van der Waals surface area contributed by atoms with Gasteiger partial charge in [0.2, 0.25) is 0 Å². The van der Waals surface area contributed by atoms with Crippen LogP contribution < -0.4 is 0 Å². The van der Waals surface area contributed by atoms with Crippen LogP contribution in [0.4, 0.5) is 0 Å². The lowest BCUT2D eigenvalue weighted by atomic mass is 9.94. The third kappa shape index (κ3) is 3.87. The first-order valence-electron chi connectivity index (χ1n) is 10.4. The summed E-state index contributed by atoms with van der Waals surface area (Å²) < 4.78 is 24.3. The summed E-state index contributed by atoms with van der Waals surface area (Å²) in [5.41, 5.74) is 2.00. The Kier molecular flexibility index (Phi) is 5.54. The molecule has 0 radical (unpaired) electrons. The van der Waals surface area contributed by atoms with Gasteiger partial charge in [0.05, 0.1) is 19.3 Å². The zero-order valence-corrected chi connectivity index (χ0v) is 16.9. The Hall–Kier alpha value is -2.28. The van der Waals surface area contributed by atoms with Crippen LogP contribution in [-0.2, 0) is 25.6 Å². The van der Waals surface area contributed by atoms with Gasteiger partial charge >= 0.3 is 0 Å². The number of hydrogen-bond acceptors (Lipinski definition) is 5. The van der Waals surface area contributed by atoms with Crippen molar-refractivity contribution in [1.29, 1.82) is 0 Å². The average molecular weight is 406 g/mol. The molecular weight excluding hydrogens is 380 g/mol. The van der Waals surface area contributed by atoms with Crippen molar-refractivity contribution < 1.29 is 24.1 Å². The van der Waals surface area contributed by atoms with Crippen LogP contribution in [0, 0.1) is 0 Å². The zero-order chi connectivity index (χ0) is 20.5. The topological polar surface area (TPSA) is 57.2 Å². The van der Waals surface area contributed by atoms with E-state index in [1.165, 1.54) is 10.8 Å². The molecule has 3 aromatic carbocycles. The second kappa shape index (κ2) is 8.46. The third-order valence-corrected chi connectivity index (χ3v) is 5.92. The number of benzene rings is 3. The fourth-order valence-corrected chi connectivity index (χ4v) is 4.27. The number of hydrogen-bond donors (Lipinski definition) is 1. The molecule has 2 aliphatic heterocycles. The second-order valence-electron chi connectivity index (χ2n) is 8.00. The summed E-state index contributed by atoms with van der Waals surface area (Å²) in [5.74, 6) is 0. The van der Waals surface area contributed by atoms with Crippen LogP contribution >= 0.6 is 0 Å². The number of rotatable bonds is 4. The van der Waals surface area contributed by atoms with Crippen molar-refractivity contribution >= 4 is 10.8 Å². The van der Waals surface area contributed by atoms with E-state index in [4.69, 9.17) is 18.9 Å². The van der Waals surface area contributed by atoms with Crippen LogP contribution in [0.25, 0.3) is 10.8 Å². The molecule has 0 spiro atoms. The van der Waals surface area contributed by atoms with Crippen LogP contribution in [0.15, 0.2) is 72.8 Å². The molecule has 1 N–H and O–H groups in total. The standard InChI is InChI=1S/C25H26O5/c1-16-22(26)24(27-14-17-11-12-18-7-5-6-10-20(18)13-17)23-21(29-16)15-28-25(30-23)19-8-3-2-4-9-19/h2-13,16,21-26H,14-15H2,1H3/t16-,21?,22?,23+,24?,25?/m0/s1. The van der Waals surface area contributed by atoms with Gasteiger partial charge in [-0.3, -0.25) is 0 Å². The highest BCUT2D eigenvalue weighted by Gasteiger charge is 2.48. The molecule has 2 saturated heterocycles. The van der Waals surface area contributed by atoms with Crippen LogP contribution in [0.3, 0.4) is 0 Å². The molecule has 0 amide bonds. The van der Waals surface area contributed by atoms with E-state index in [9.17, 15) is 5.11 Å². The Balaban J connectivity index is 1.34. The van der Waals surface area contributed by atoms with Gasteiger partial charge in [0.25, 0.3) is 0 Å². The number of fused-ring (bicyclic) bond motifs is 2. The minimum Gasteiger partial charge on any atom is -0.388 e. The van der Waals surface area contributed by atoms with Gasteiger partial charge in [-0.05, 0) is 29.3 Å². The fraction of sp³-hybridized carbons (Fsp3) is 0.360. The molecule has 5 nitrogen and oxygen atoms in total. The minimum atomic E-state index is -0.777. The molecule has 4 unspecified atom stereocenters. The minimum absolute atomic E-state index is 0.273. The Morgan fingerprint density at radius 3 is 2.53 bits per heavy atom. The van der Waals surface area contributed by atoms with E-state index < -0.39 is 24.6 Å². The van der Waals surface area contributed by atoms with Gasteiger partial charge in [-0.15, -0.1) is 0 Å². The highest BCUT2D eigenvalue weighted by molar-refractivity contribution is 5.82. The quantitative estimate of drug-likeness (QED) is 0.710. The first-order chi connectivity index (χ1) is 14.7. The Morgan fingerprint density at radius 2 is 1.70 bits per heavy atom. The van der Waals surface area contributed by atoms with Crippen LogP contribution in [-0.4, -0.2) is 42.2 Å². The van der Waals surface area contributed by atoms with E-state index in [0.29, 0.717) is 13.2 Å². The number of aliphatic hydroxyl groups is 1. The molecule has 2 fully saturated rings. The van der Waals surface area contributed by atoms with E-state index in [-0.39, 0.29) is 12.2 Å². The molecule has 3 aromatic rings. The molecule has 2 aliphatic rings. The van der Waals surface area contributed by atoms with E-state index in [1.54, 1.807) is 0 Å². The van der Waals surface area contributed by atoms with Gasteiger partial charge in [-0.1, -0.05) is 66.7 Å². The SMILES string of the molecule is C[C@@H]1OC2COC(c3ccccc3)O[C@H]2C(OCc2ccc3ccccc3c2)C1O. The van der Waals surface area contributed by atoms with Crippen molar-refractivity contribution in [3.8, 4) is 0 Å². The van der Waals surface area contributed by atoms with Crippen molar-refractivity contribution in [3.63, 3.8) is 0 Å². The number of ether oxygens (including phenoxy) is 4. The molecule has 0 aromatic heterocycles. The van der Waals surface area contributed by atoms with Gasteiger partial charge in [-0.25, -0.2) is 0 Å². The van der Waals surface area contributed by atoms with E-state index >= 15 is 0 Å². The predicted molar refractivity (Wildman–Crippen MR) is 113 cm³/mol. The maximum absolute atomic E-state index is 10.8. The highest BCUT2D eigenvalue weighted by Crippen LogP contribution is 2.35. The van der Waals surface area contributed by atoms with Crippen LogP contribution in [0.5, 0.6) is 0 Å². The van der Waals surface area contributed by atoms with Crippen LogP contribution in [0.2, 0.25) is 0 Å². The van der Waals surface area contributed by atoms with Gasteiger partial charge in [0, 0.05) is 5.56 Å². The number of aliphatic hydroxyl groups excluding tert-OH is 1. The van der Waals surface area contributed by atoms with Gasteiger partial charge in [-0.2, -0.15) is 0 Å². The first-order valence-corrected chi connectivity index (χ1v) is 10.4. The summed E-state index contributed by atoms with van der Waals surface area (Å²) in [6, 6.07) is 24.3. The molecule has 6 atom stereocenters. The lowest BCUT2D eigenvalue weighted by Gasteiger charge is -2.47. The van der Waals surface area contributed by atoms with Crippen LogP contribution in [0.1, 0.15) is 24.3 Å². The Bertz CT molecular complexity index is 991. The van der Waals surface area contributed by atoms with Crippen molar-refractivity contribution in [2.75, 3.05) is 6.61 Å². The molecule has 30 heavy (non-hydrogen) atoms. The smallest absolute Gasteiger partial charge is 0.184 e. The lowest BCUT2D eigenvalue weighted by molar-refractivity contribution is -0.333. The molecule has 2 heterocycles. The largest absolute Gasteiger partial charge is 0.388 e. The summed E-state index contributed by atoms with van der Waals surface area (Å²) in [6.07, 6.45) is -2.81. The average Bonchev–Trinajstić information content (AvgIpc) is 2.79. The Labute approximate surface area is 176 Å². The maximum Gasteiger partial charge on any atom is 0.184 e. The summed E-state index contributed by atoms with van der Waals surface area (Å²) in [6.45, 7) is 2.65. The second-order valence-corrected chi connectivity index (χ2v) is 8.00. The third-order valence-electron chi connectivity index (χ3n) is 5.92. The molecule has 5 heteroatoms. The Morgan fingerprint density at radius 1 is 0.933 bits per heavy atom. The van der Waals surface area contributed by atoms with Gasteiger partial charge < -0.3 is 24.1 Å². The monoisotopic (exact) mass is 406 g/mol. The summed E-state index contributed by atoms with van der Waals surface area (Å²) in [7, 11) is 0. The summed E-state index contributed by atoms with van der Waals surface area (Å²) in [5, 5.41) is 13.2. The summed E-state index contributed by atoms with van der Waals surface area (Å²) in [4.78, 5) is 0. The highest BCUT2D eigenvalue weighted by atomic mass is 16.7. The normalized spacial score (nSPS) is 31.4. The van der Waals surface area contributed by atoms with E-state index in [2.05, 4.69) is 30.3 Å². The molecular formula is C25H26O5. The van der Waals surface area contributed by atoms with Crippen molar-refractivity contribution in [2.24, 2.45) is 0 Å². The predicted octanol–water partition coefficient (Wildman–Crippen LogP) is 3.99. The lowest BCUT2D eigenvalue weighted by Crippen LogP contribution is -2.61.